The van der Waals surface area contributed by atoms with Crippen LogP contribution in [0.25, 0.3) is 6.08 Å². The molecule has 9 nitrogen and oxygen atoms in total. The van der Waals surface area contributed by atoms with Gasteiger partial charge in [0, 0.05) is 6.08 Å². The van der Waals surface area contributed by atoms with E-state index in [1.54, 1.807) is 30.3 Å². The van der Waals surface area contributed by atoms with Gasteiger partial charge in [-0.1, -0.05) is 6.07 Å². The molecule has 1 aromatic carbocycles. The molecule has 0 saturated carbocycles. The molecule has 9 heteroatoms. The highest BCUT2D eigenvalue weighted by molar-refractivity contribution is 5.96. The SMILES string of the molecule is CCOc1cc(/C=C/C(=O)OCC(=O)NC(=O)NCc2ccco2)ccc1OC. The lowest BCUT2D eigenvalue weighted by Gasteiger charge is -2.09. The fraction of sp³-hybridized carbons (Fsp3) is 0.250. The van der Waals surface area contributed by atoms with Crippen molar-refractivity contribution in [3.63, 3.8) is 0 Å². The molecule has 0 saturated heterocycles. The number of carbonyl (C=O) groups is 3. The quantitative estimate of drug-likeness (QED) is 0.488. The lowest BCUT2D eigenvalue weighted by Crippen LogP contribution is -2.41. The number of imide groups is 1. The summed E-state index contributed by atoms with van der Waals surface area (Å²) in [5, 5.41) is 4.48. The lowest BCUT2D eigenvalue weighted by molar-refractivity contribution is -0.143. The molecule has 3 amide bonds. The van der Waals surface area contributed by atoms with Crippen LogP contribution in [0.2, 0.25) is 0 Å². The zero-order chi connectivity index (χ0) is 21.1. The first-order valence-electron chi connectivity index (χ1n) is 8.77. The van der Waals surface area contributed by atoms with Gasteiger partial charge in [0.25, 0.3) is 5.91 Å². The summed E-state index contributed by atoms with van der Waals surface area (Å²) in [5.74, 6) is 0.172. The number of ether oxygens (including phenoxy) is 3. The van der Waals surface area contributed by atoms with Crippen molar-refractivity contribution in [1.29, 1.82) is 0 Å². The van der Waals surface area contributed by atoms with Crippen LogP contribution in [0.3, 0.4) is 0 Å². The summed E-state index contributed by atoms with van der Waals surface area (Å²) < 4.78 is 20.5. The molecular formula is C20H22N2O7. The summed E-state index contributed by atoms with van der Waals surface area (Å²) in [5.41, 5.74) is 0.688. The van der Waals surface area contributed by atoms with Crippen LogP contribution < -0.4 is 20.1 Å². The van der Waals surface area contributed by atoms with Crippen LogP contribution in [0.5, 0.6) is 11.5 Å². The summed E-state index contributed by atoms with van der Waals surface area (Å²) >= 11 is 0. The van der Waals surface area contributed by atoms with E-state index in [2.05, 4.69) is 5.32 Å². The van der Waals surface area contributed by atoms with Crippen LogP contribution in [0.4, 0.5) is 4.79 Å². The Morgan fingerprint density at radius 1 is 1.17 bits per heavy atom. The van der Waals surface area contributed by atoms with Crippen molar-refractivity contribution < 1.29 is 33.0 Å². The van der Waals surface area contributed by atoms with Gasteiger partial charge in [-0.2, -0.15) is 0 Å². The molecule has 2 aromatic rings. The van der Waals surface area contributed by atoms with Crippen molar-refractivity contribution in [2.45, 2.75) is 13.5 Å². The van der Waals surface area contributed by atoms with Gasteiger partial charge in [0.2, 0.25) is 0 Å². The van der Waals surface area contributed by atoms with Gasteiger partial charge in [0.05, 0.1) is 26.5 Å². The van der Waals surface area contributed by atoms with E-state index < -0.39 is 24.5 Å². The predicted octanol–water partition coefficient (Wildman–Crippen LogP) is 2.27. The van der Waals surface area contributed by atoms with Crippen molar-refractivity contribution in [2.75, 3.05) is 20.3 Å². The Kier molecular flexibility index (Phi) is 8.30. The van der Waals surface area contributed by atoms with E-state index in [0.29, 0.717) is 29.4 Å². The third kappa shape index (κ3) is 7.41. The van der Waals surface area contributed by atoms with Crippen LogP contribution in [0.15, 0.2) is 47.1 Å². The summed E-state index contributed by atoms with van der Waals surface area (Å²) in [6, 6.07) is 7.79. The van der Waals surface area contributed by atoms with E-state index >= 15 is 0 Å². The number of hydrogen-bond donors (Lipinski definition) is 2. The number of carbonyl (C=O) groups excluding carboxylic acids is 3. The maximum atomic E-state index is 11.8. The first-order chi connectivity index (χ1) is 14.0. The normalized spacial score (nSPS) is 10.4. The highest BCUT2D eigenvalue weighted by Crippen LogP contribution is 2.28. The van der Waals surface area contributed by atoms with E-state index in [1.165, 1.54) is 25.5 Å². The van der Waals surface area contributed by atoms with Crippen molar-refractivity contribution in [2.24, 2.45) is 0 Å². The molecule has 154 valence electrons. The Labute approximate surface area is 167 Å². The average Bonchev–Trinajstić information content (AvgIpc) is 3.23. The molecule has 2 rings (SSSR count). The molecule has 0 aliphatic rings. The maximum Gasteiger partial charge on any atom is 0.331 e. The van der Waals surface area contributed by atoms with Crippen molar-refractivity contribution in [1.82, 2.24) is 10.6 Å². The van der Waals surface area contributed by atoms with Gasteiger partial charge < -0.3 is 23.9 Å². The van der Waals surface area contributed by atoms with Crippen LogP contribution in [-0.4, -0.2) is 38.2 Å². The third-order valence-electron chi connectivity index (χ3n) is 3.50. The van der Waals surface area contributed by atoms with E-state index in [1.807, 2.05) is 12.2 Å². The molecule has 29 heavy (non-hydrogen) atoms. The van der Waals surface area contributed by atoms with E-state index in [4.69, 9.17) is 18.6 Å². The van der Waals surface area contributed by atoms with Gasteiger partial charge in [-0.15, -0.1) is 0 Å². The standard InChI is InChI=1S/C20H22N2O7/c1-3-27-17-11-14(6-8-16(17)26-2)7-9-19(24)29-13-18(23)22-20(25)21-12-15-5-4-10-28-15/h4-11H,3,12-13H2,1-2H3,(H2,21,22,23,25)/b9-7+. The molecule has 1 aromatic heterocycles. The second-order valence-corrected chi connectivity index (χ2v) is 5.59. The molecule has 0 fully saturated rings. The predicted molar refractivity (Wildman–Crippen MR) is 103 cm³/mol. The van der Waals surface area contributed by atoms with Gasteiger partial charge in [0.1, 0.15) is 5.76 Å². The summed E-state index contributed by atoms with van der Waals surface area (Å²) in [6.45, 7) is 1.85. The van der Waals surface area contributed by atoms with Crippen LogP contribution in [-0.2, 0) is 20.9 Å². The minimum Gasteiger partial charge on any atom is -0.493 e. The molecule has 0 unspecified atom stereocenters. The van der Waals surface area contributed by atoms with Crippen LogP contribution >= 0.6 is 0 Å². The number of methoxy groups -OCH3 is 1. The van der Waals surface area contributed by atoms with Crippen LogP contribution in [0.1, 0.15) is 18.2 Å². The van der Waals surface area contributed by atoms with E-state index in [9.17, 15) is 14.4 Å². The van der Waals surface area contributed by atoms with Crippen molar-refractivity contribution >= 4 is 24.0 Å². The Morgan fingerprint density at radius 3 is 2.69 bits per heavy atom. The smallest absolute Gasteiger partial charge is 0.331 e. The second kappa shape index (κ2) is 11.2. The molecular weight excluding hydrogens is 380 g/mol. The number of benzene rings is 1. The molecule has 1 heterocycles. The number of nitrogens with one attached hydrogen (secondary N) is 2. The third-order valence-corrected chi connectivity index (χ3v) is 3.50. The minimum atomic E-state index is -0.758. The largest absolute Gasteiger partial charge is 0.493 e. The number of amides is 3. The van der Waals surface area contributed by atoms with E-state index in [-0.39, 0.29) is 6.54 Å². The van der Waals surface area contributed by atoms with Gasteiger partial charge in [-0.25, -0.2) is 9.59 Å². The van der Waals surface area contributed by atoms with Gasteiger partial charge in [0.15, 0.2) is 18.1 Å². The number of furan rings is 1. The summed E-state index contributed by atoms with van der Waals surface area (Å²) in [4.78, 5) is 35.0. The summed E-state index contributed by atoms with van der Waals surface area (Å²) in [7, 11) is 1.53. The lowest BCUT2D eigenvalue weighted by atomic mass is 10.2. The Hall–Kier alpha value is -3.75. The zero-order valence-electron chi connectivity index (χ0n) is 16.1. The summed E-state index contributed by atoms with van der Waals surface area (Å²) in [6.07, 6.45) is 4.15. The molecule has 0 atom stereocenters. The topological polar surface area (TPSA) is 116 Å². The number of hydrogen-bond acceptors (Lipinski definition) is 7. The molecule has 0 radical (unpaired) electrons. The molecule has 0 aliphatic carbocycles. The Balaban J connectivity index is 1.76. The number of rotatable bonds is 9. The van der Waals surface area contributed by atoms with Crippen molar-refractivity contribution in [3.8, 4) is 11.5 Å². The highest BCUT2D eigenvalue weighted by atomic mass is 16.5. The van der Waals surface area contributed by atoms with E-state index in [0.717, 1.165) is 0 Å². The first kappa shape index (κ1) is 21.5. The Morgan fingerprint density at radius 2 is 2.00 bits per heavy atom. The fourth-order valence-corrected chi connectivity index (χ4v) is 2.20. The van der Waals surface area contributed by atoms with Gasteiger partial charge >= 0.3 is 12.0 Å². The Bertz CT molecular complexity index is 860. The number of esters is 1. The number of urea groups is 1. The highest BCUT2D eigenvalue weighted by Gasteiger charge is 2.10. The monoisotopic (exact) mass is 402 g/mol. The minimum absolute atomic E-state index is 0.125. The molecule has 0 bridgehead atoms. The van der Waals surface area contributed by atoms with Gasteiger partial charge in [-0.3, -0.25) is 10.1 Å². The zero-order valence-corrected chi connectivity index (χ0v) is 16.1. The average molecular weight is 402 g/mol. The fourth-order valence-electron chi connectivity index (χ4n) is 2.20. The molecule has 0 aliphatic heterocycles. The van der Waals surface area contributed by atoms with Crippen molar-refractivity contribution in [3.05, 3.63) is 54.0 Å². The van der Waals surface area contributed by atoms with Gasteiger partial charge in [-0.05, 0) is 42.8 Å². The maximum absolute atomic E-state index is 11.8. The first-order valence-corrected chi connectivity index (χ1v) is 8.77. The van der Waals surface area contributed by atoms with Crippen LogP contribution in [0, 0.1) is 0 Å². The molecule has 0 spiro atoms. The molecule has 2 N–H and O–H groups in total. The second-order valence-electron chi connectivity index (χ2n) is 5.59.